The van der Waals surface area contributed by atoms with Crippen molar-refractivity contribution in [1.29, 1.82) is 5.26 Å². The van der Waals surface area contributed by atoms with Crippen molar-refractivity contribution in [2.45, 2.75) is 6.18 Å². The number of carbonyl (C=O) groups is 1. The van der Waals surface area contributed by atoms with Crippen molar-refractivity contribution in [3.63, 3.8) is 0 Å². The molecule has 0 unspecified atom stereocenters. The van der Waals surface area contributed by atoms with Crippen LogP contribution in [0.4, 0.5) is 18.9 Å². The summed E-state index contributed by atoms with van der Waals surface area (Å²) in [5, 5.41) is 11.6. The van der Waals surface area contributed by atoms with Crippen LogP contribution in [-0.2, 0) is 11.0 Å². The molecule has 0 fully saturated rings. The summed E-state index contributed by atoms with van der Waals surface area (Å²) < 4.78 is 54.1. The molecule has 29 heavy (non-hydrogen) atoms. The fraction of sp³-hybridized carbons (Fsp3) is 0.200. The zero-order chi connectivity index (χ0) is 21.6. The van der Waals surface area contributed by atoms with E-state index in [2.05, 4.69) is 5.32 Å². The number of nitrogens with zero attached hydrogens (tertiary/aromatic N) is 1. The SMILES string of the molecule is COc1cc(/C=C(/C#N)C(=O)Nc2cccc(C(F)(F)F)c2)cc(OC)c1OC. The van der Waals surface area contributed by atoms with Crippen molar-refractivity contribution in [2.75, 3.05) is 26.6 Å². The minimum absolute atomic E-state index is 0.0872. The monoisotopic (exact) mass is 406 g/mol. The molecule has 0 radical (unpaired) electrons. The van der Waals surface area contributed by atoms with E-state index in [1.807, 2.05) is 0 Å². The van der Waals surface area contributed by atoms with E-state index in [9.17, 15) is 23.2 Å². The van der Waals surface area contributed by atoms with Crippen molar-refractivity contribution in [2.24, 2.45) is 0 Å². The molecule has 0 aliphatic rings. The number of benzene rings is 2. The molecule has 0 aromatic heterocycles. The van der Waals surface area contributed by atoms with Gasteiger partial charge in [-0.1, -0.05) is 6.07 Å². The zero-order valence-corrected chi connectivity index (χ0v) is 15.8. The lowest BCUT2D eigenvalue weighted by Gasteiger charge is -2.13. The maximum atomic E-state index is 12.8. The second kappa shape index (κ2) is 9.01. The Morgan fingerprint density at radius 3 is 2.17 bits per heavy atom. The van der Waals surface area contributed by atoms with Crippen LogP contribution in [0.25, 0.3) is 6.08 Å². The summed E-state index contributed by atoms with van der Waals surface area (Å²) in [5.41, 5.74) is -0.926. The Morgan fingerprint density at radius 1 is 1.07 bits per heavy atom. The van der Waals surface area contributed by atoms with Crippen molar-refractivity contribution in [3.8, 4) is 23.3 Å². The van der Waals surface area contributed by atoms with E-state index in [0.717, 1.165) is 18.2 Å². The molecular formula is C20H17F3N2O4. The summed E-state index contributed by atoms with van der Waals surface area (Å²) in [4.78, 5) is 12.4. The number of rotatable bonds is 6. The first-order valence-electron chi connectivity index (χ1n) is 8.14. The average molecular weight is 406 g/mol. The molecule has 1 amide bonds. The number of ether oxygens (including phenoxy) is 3. The smallest absolute Gasteiger partial charge is 0.416 e. The molecule has 0 saturated heterocycles. The average Bonchev–Trinajstić information content (AvgIpc) is 2.70. The maximum absolute atomic E-state index is 12.8. The lowest BCUT2D eigenvalue weighted by molar-refractivity contribution is -0.137. The molecule has 0 atom stereocenters. The lowest BCUT2D eigenvalue weighted by Crippen LogP contribution is -2.14. The van der Waals surface area contributed by atoms with Crippen LogP contribution in [0, 0.1) is 11.3 Å². The molecule has 0 aliphatic heterocycles. The molecule has 1 N–H and O–H groups in total. The molecule has 2 rings (SSSR count). The highest BCUT2D eigenvalue weighted by atomic mass is 19.4. The van der Waals surface area contributed by atoms with E-state index in [1.54, 1.807) is 6.07 Å². The van der Waals surface area contributed by atoms with E-state index in [1.165, 1.54) is 45.6 Å². The van der Waals surface area contributed by atoms with Crippen LogP contribution in [0.3, 0.4) is 0 Å². The van der Waals surface area contributed by atoms with Crippen LogP contribution in [0.15, 0.2) is 42.0 Å². The van der Waals surface area contributed by atoms with E-state index in [0.29, 0.717) is 22.8 Å². The van der Waals surface area contributed by atoms with Gasteiger partial charge in [-0.25, -0.2) is 0 Å². The number of anilines is 1. The molecule has 0 aliphatic carbocycles. The quantitative estimate of drug-likeness (QED) is 0.572. The van der Waals surface area contributed by atoms with E-state index in [-0.39, 0.29) is 11.3 Å². The third kappa shape index (κ3) is 5.19. The van der Waals surface area contributed by atoms with Gasteiger partial charge in [0.25, 0.3) is 5.91 Å². The van der Waals surface area contributed by atoms with Gasteiger partial charge in [-0.3, -0.25) is 4.79 Å². The third-order valence-electron chi connectivity index (χ3n) is 3.81. The highest BCUT2D eigenvalue weighted by Gasteiger charge is 2.30. The molecular weight excluding hydrogens is 389 g/mol. The van der Waals surface area contributed by atoms with E-state index < -0.39 is 17.6 Å². The van der Waals surface area contributed by atoms with E-state index >= 15 is 0 Å². The first kappa shape index (κ1) is 21.6. The molecule has 0 saturated carbocycles. The van der Waals surface area contributed by atoms with Crippen LogP contribution >= 0.6 is 0 Å². The predicted octanol–water partition coefficient (Wildman–Crippen LogP) is 4.28. The lowest BCUT2D eigenvalue weighted by atomic mass is 10.1. The van der Waals surface area contributed by atoms with Gasteiger partial charge in [-0.15, -0.1) is 0 Å². The number of hydrogen-bond donors (Lipinski definition) is 1. The Hall–Kier alpha value is -3.67. The number of halogens is 3. The zero-order valence-electron chi connectivity index (χ0n) is 15.8. The van der Waals surface area contributed by atoms with Crippen molar-refractivity contribution >= 4 is 17.7 Å². The highest BCUT2D eigenvalue weighted by Crippen LogP contribution is 2.38. The summed E-state index contributed by atoms with van der Waals surface area (Å²) in [6.45, 7) is 0. The van der Waals surface area contributed by atoms with Gasteiger partial charge in [-0.2, -0.15) is 18.4 Å². The van der Waals surface area contributed by atoms with E-state index in [4.69, 9.17) is 14.2 Å². The largest absolute Gasteiger partial charge is 0.493 e. The molecule has 9 heteroatoms. The molecule has 0 spiro atoms. The Labute approximate surface area is 165 Å². The fourth-order valence-electron chi connectivity index (χ4n) is 2.47. The van der Waals surface area contributed by atoms with Crippen LogP contribution in [0.2, 0.25) is 0 Å². The van der Waals surface area contributed by atoms with Crippen molar-refractivity contribution in [3.05, 3.63) is 53.1 Å². The number of carbonyl (C=O) groups excluding carboxylic acids is 1. The van der Waals surface area contributed by atoms with Gasteiger partial charge in [0, 0.05) is 5.69 Å². The normalized spacial score (nSPS) is 11.4. The van der Waals surface area contributed by atoms with Crippen LogP contribution in [-0.4, -0.2) is 27.2 Å². The number of hydrogen-bond acceptors (Lipinski definition) is 5. The van der Waals surface area contributed by atoms with Crippen molar-refractivity contribution < 1.29 is 32.2 Å². The van der Waals surface area contributed by atoms with Gasteiger partial charge in [0.1, 0.15) is 11.6 Å². The highest BCUT2D eigenvalue weighted by molar-refractivity contribution is 6.09. The summed E-state index contributed by atoms with van der Waals surface area (Å²) in [5.74, 6) is 0.0991. The molecule has 0 bridgehead atoms. The van der Waals surface area contributed by atoms with Crippen molar-refractivity contribution in [1.82, 2.24) is 0 Å². The van der Waals surface area contributed by atoms with Crippen LogP contribution in [0.5, 0.6) is 17.2 Å². The number of amides is 1. The number of methoxy groups -OCH3 is 3. The molecule has 6 nitrogen and oxygen atoms in total. The summed E-state index contributed by atoms with van der Waals surface area (Å²) >= 11 is 0. The second-order valence-corrected chi connectivity index (χ2v) is 5.66. The number of alkyl halides is 3. The van der Waals surface area contributed by atoms with Crippen LogP contribution < -0.4 is 19.5 Å². The minimum Gasteiger partial charge on any atom is -0.493 e. The predicted molar refractivity (Wildman–Crippen MR) is 99.8 cm³/mol. The first-order chi connectivity index (χ1) is 13.7. The van der Waals surface area contributed by atoms with Gasteiger partial charge in [0.2, 0.25) is 5.75 Å². The minimum atomic E-state index is -4.55. The Bertz CT molecular complexity index is 953. The molecule has 2 aromatic rings. The van der Waals surface area contributed by atoms with Gasteiger partial charge in [0.15, 0.2) is 11.5 Å². The van der Waals surface area contributed by atoms with Gasteiger partial charge >= 0.3 is 6.18 Å². The Kier molecular flexibility index (Phi) is 6.72. The number of nitriles is 1. The summed E-state index contributed by atoms with van der Waals surface area (Å²) in [6.07, 6.45) is -3.29. The molecule has 2 aromatic carbocycles. The maximum Gasteiger partial charge on any atom is 0.416 e. The van der Waals surface area contributed by atoms with Gasteiger partial charge in [0.05, 0.1) is 26.9 Å². The first-order valence-corrected chi connectivity index (χ1v) is 8.14. The Morgan fingerprint density at radius 2 is 1.69 bits per heavy atom. The second-order valence-electron chi connectivity index (χ2n) is 5.66. The van der Waals surface area contributed by atoms with Crippen LogP contribution in [0.1, 0.15) is 11.1 Å². The third-order valence-corrected chi connectivity index (χ3v) is 3.81. The fourth-order valence-corrected chi connectivity index (χ4v) is 2.47. The summed E-state index contributed by atoms with van der Waals surface area (Å²) in [7, 11) is 4.26. The molecule has 0 heterocycles. The number of nitrogens with one attached hydrogen (secondary N) is 1. The topological polar surface area (TPSA) is 80.6 Å². The summed E-state index contributed by atoms with van der Waals surface area (Å²) in [6, 6.07) is 8.90. The van der Waals surface area contributed by atoms with Gasteiger partial charge < -0.3 is 19.5 Å². The molecule has 152 valence electrons. The standard InChI is InChI=1S/C20H17F3N2O4/c1-27-16-8-12(9-17(28-2)18(16)29-3)7-13(11-24)19(26)25-15-6-4-5-14(10-15)20(21,22)23/h4-10H,1-3H3,(H,25,26)/b13-7-. The Balaban J connectivity index is 2.35. The van der Waals surface area contributed by atoms with Gasteiger partial charge in [-0.05, 0) is 42.0 Å².